The van der Waals surface area contributed by atoms with Crippen LogP contribution in [0.5, 0.6) is 0 Å². The number of esters is 1. The van der Waals surface area contributed by atoms with Crippen LogP contribution in [-0.4, -0.2) is 48.7 Å². The fourth-order valence-corrected chi connectivity index (χ4v) is 2.52. The maximum atomic E-state index is 12.4. The third-order valence-electron chi connectivity index (χ3n) is 3.96. The smallest absolute Gasteiger partial charge is 0.410 e. The van der Waals surface area contributed by atoms with E-state index in [-0.39, 0.29) is 24.9 Å². The molecule has 0 spiro atoms. The third-order valence-corrected chi connectivity index (χ3v) is 3.96. The van der Waals surface area contributed by atoms with Crippen molar-refractivity contribution in [3.63, 3.8) is 0 Å². The van der Waals surface area contributed by atoms with Crippen molar-refractivity contribution in [1.82, 2.24) is 4.90 Å². The summed E-state index contributed by atoms with van der Waals surface area (Å²) in [6.07, 6.45) is -0.440. The average Bonchev–Trinajstić information content (AvgIpc) is 2.45. The van der Waals surface area contributed by atoms with Gasteiger partial charge in [-0.2, -0.15) is 0 Å². The molecule has 8 nitrogen and oxygen atoms in total. The summed E-state index contributed by atoms with van der Waals surface area (Å²) in [6, 6.07) is 3.11. The van der Waals surface area contributed by atoms with E-state index in [0.717, 1.165) is 0 Å². The SMILES string of the molecule is COC(=O)c1cc(NC(=O)C2CN(C(=O)OC(C)(C)C)C2)c(N)cc1C. The molecule has 8 heteroatoms. The Labute approximate surface area is 152 Å². The number of hydrogen-bond acceptors (Lipinski definition) is 6. The van der Waals surface area contributed by atoms with Crippen LogP contribution in [0.3, 0.4) is 0 Å². The van der Waals surface area contributed by atoms with E-state index >= 15 is 0 Å². The summed E-state index contributed by atoms with van der Waals surface area (Å²) in [5.74, 6) is -1.13. The summed E-state index contributed by atoms with van der Waals surface area (Å²) in [5, 5.41) is 2.72. The van der Waals surface area contributed by atoms with Crippen LogP contribution < -0.4 is 11.1 Å². The van der Waals surface area contributed by atoms with Crippen LogP contribution in [-0.2, 0) is 14.3 Å². The van der Waals surface area contributed by atoms with Gasteiger partial charge < -0.3 is 25.4 Å². The number of hydrogen-bond donors (Lipinski definition) is 2. The van der Waals surface area contributed by atoms with Crippen LogP contribution in [0.2, 0.25) is 0 Å². The topological polar surface area (TPSA) is 111 Å². The molecule has 3 N–H and O–H groups in total. The number of nitrogens with two attached hydrogens (primary N) is 1. The van der Waals surface area contributed by atoms with Crippen molar-refractivity contribution in [3.8, 4) is 0 Å². The number of carbonyl (C=O) groups is 3. The Hall–Kier alpha value is -2.77. The molecule has 1 heterocycles. The largest absolute Gasteiger partial charge is 0.465 e. The Morgan fingerprint density at radius 2 is 1.85 bits per heavy atom. The molecule has 0 radical (unpaired) electrons. The molecular formula is C18H25N3O5. The van der Waals surface area contributed by atoms with E-state index in [2.05, 4.69) is 5.32 Å². The molecule has 0 aliphatic carbocycles. The zero-order valence-corrected chi connectivity index (χ0v) is 15.7. The molecule has 1 fully saturated rings. The van der Waals surface area contributed by atoms with Crippen LogP contribution in [0.4, 0.5) is 16.2 Å². The van der Waals surface area contributed by atoms with Crippen LogP contribution >= 0.6 is 0 Å². The monoisotopic (exact) mass is 363 g/mol. The standard InChI is InChI=1S/C18H25N3O5/c1-10-6-13(19)14(7-12(10)16(23)25-5)20-15(22)11-8-21(9-11)17(24)26-18(2,3)4/h6-7,11H,8-9,19H2,1-5H3,(H,20,22). The van der Waals surface area contributed by atoms with E-state index in [9.17, 15) is 14.4 Å². The molecule has 142 valence electrons. The van der Waals surface area contributed by atoms with E-state index in [0.29, 0.717) is 22.5 Å². The Balaban J connectivity index is 1.99. The normalized spacial score (nSPS) is 14.4. The lowest BCUT2D eigenvalue weighted by molar-refractivity contribution is -0.124. The summed E-state index contributed by atoms with van der Waals surface area (Å²) >= 11 is 0. The van der Waals surface area contributed by atoms with Crippen LogP contribution in [0.15, 0.2) is 12.1 Å². The molecule has 1 saturated heterocycles. The van der Waals surface area contributed by atoms with E-state index in [1.165, 1.54) is 18.1 Å². The van der Waals surface area contributed by atoms with Gasteiger partial charge >= 0.3 is 12.1 Å². The quantitative estimate of drug-likeness (QED) is 0.629. The fourth-order valence-electron chi connectivity index (χ4n) is 2.52. The molecule has 0 aromatic heterocycles. The summed E-state index contributed by atoms with van der Waals surface area (Å²) < 4.78 is 9.99. The number of nitrogens with one attached hydrogen (secondary N) is 1. The minimum atomic E-state index is -0.578. The second-order valence-corrected chi connectivity index (χ2v) is 7.32. The van der Waals surface area contributed by atoms with Gasteiger partial charge in [-0.15, -0.1) is 0 Å². The maximum absolute atomic E-state index is 12.4. The summed E-state index contributed by atoms with van der Waals surface area (Å²) in [4.78, 5) is 37.5. The number of amides is 2. The first-order chi connectivity index (χ1) is 12.0. The molecule has 1 aromatic rings. The Morgan fingerprint density at radius 3 is 2.38 bits per heavy atom. The third kappa shape index (κ3) is 4.44. The zero-order chi connectivity index (χ0) is 19.6. The number of likely N-dealkylation sites (tertiary alicyclic amines) is 1. The van der Waals surface area contributed by atoms with Gasteiger partial charge in [-0.1, -0.05) is 0 Å². The van der Waals surface area contributed by atoms with Crippen molar-refractivity contribution in [2.24, 2.45) is 5.92 Å². The molecule has 0 unspecified atom stereocenters. The van der Waals surface area contributed by atoms with E-state index in [1.54, 1.807) is 33.8 Å². The summed E-state index contributed by atoms with van der Waals surface area (Å²) in [7, 11) is 1.29. The highest BCUT2D eigenvalue weighted by Crippen LogP contribution is 2.26. The van der Waals surface area contributed by atoms with Gasteiger partial charge in [0.2, 0.25) is 5.91 Å². The van der Waals surface area contributed by atoms with E-state index in [4.69, 9.17) is 15.2 Å². The van der Waals surface area contributed by atoms with Crippen molar-refractivity contribution >= 4 is 29.3 Å². The van der Waals surface area contributed by atoms with E-state index in [1.807, 2.05) is 0 Å². The number of nitrogens with zero attached hydrogens (tertiary/aromatic N) is 1. The lowest BCUT2D eigenvalue weighted by atomic mass is 9.99. The number of methoxy groups -OCH3 is 1. The highest BCUT2D eigenvalue weighted by molar-refractivity contribution is 6.00. The van der Waals surface area contributed by atoms with Gasteiger partial charge in [0, 0.05) is 13.1 Å². The first-order valence-electron chi connectivity index (χ1n) is 8.29. The Bertz CT molecular complexity index is 733. The first-order valence-corrected chi connectivity index (χ1v) is 8.29. The van der Waals surface area contributed by atoms with Crippen molar-refractivity contribution < 1.29 is 23.9 Å². The number of rotatable bonds is 3. The molecule has 0 atom stereocenters. The molecular weight excluding hydrogens is 338 g/mol. The van der Waals surface area contributed by atoms with Crippen LogP contribution in [0.25, 0.3) is 0 Å². The zero-order valence-electron chi connectivity index (χ0n) is 15.7. The van der Waals surface area contributed by atoms with Crippen LogP contribution in [0.1, 0.15) is 36.7 Å². The van der Waals surface area contributed by atoms with Gasteiger partial charge in [0.1, 0.15) is 5.60 Å². The minimum Gasteiger partial charge on any atom is -0.465 e. The highest BCUT2D eigenvalue weighted by Gasteiger charge is 2.38. The summed E-state index contributed by atoms with van der Waals surface area (Å²) in [6.45, 7) is 7.64. The van der Waals surface area contributed by atoms with Crippen molar-refractivity contribution in [2.75, 3.05) is 31.2 Å². The second-order valence-electron chi connectivity index (χ2n) is 7.32. The Morgan fingerprint density at radius 1 is 1.23 bits per heavy atom. The van der Waals surface area contributed by atoms with Gasteiger partial charge in [0.05, 0.1) is 30.0 Å². The molecule has 0 saturated carbocycles. The number of benzene rings is 1. The van der Waals surface area contributed by atoms with Gasteiger partial charge in [-0.25, -0.2) is 9.59 Å². The van der Waals surface area contributed by atoms with Crippen molar-refractivity contribution in [3.05, 3.63) is 23.3 Å². The molecule has 2 rings (SSSR count). The second kappa shape index (κ2) is 7.23. The lowest BCUT2D eigenvalue weighted by Crippen LogP contribution is -2.55. The van der Waals surface area contributed by atoms with Gasteiger partial charge in [-0.05, 0) is 45.4 Å². The predicted molar refractivity (Wildman–Crippen MR) is 96.9 cm³/mol. The molecule has 1 aliphatic rings. The number of anilines is 2. The molecule has 1 aromatic carbocycles. The number of nitrogen functional groups attached to an aromatic ring is 1. The number of aryl methyl sites for hydroxylation is 1. The van der Waals surface area contributed by atoms with Gasteiger partial charge in [0.25, 0.3) is 0 Å². The van der Waals surface area contributed by atoms with Gasteiger partial charge in [0.15, 0.2) is 0 Å². The lowest BCUT2D eigenvalue weighted by Gasteiger charge is -2.38. The Kier molecular flexibility index (Phi) is 5.44. The summed E-state index contributed by atoms with van der Waals surface area (Å²) in [5.41, 5.74) is 7.05. The molecule has 2 amide bonds. The first kappa shape index (κ1) is 19.6. The average molecular weight is 363 g/mol. The molecule has 1 aliphatic heterocycles. The number of carbonyl (C=O) groups excluding carboxylic acids is 3. The fraction of sp³-hybridized carbons (Fsp3) is 0.500. The van der Waals surface area contributed by atoms with Crippen LogP contribution in [0, 0.1) is 12.8 Å². The number of ether oxygens (including phenoxy) is 2. The highest BCUT2D eigenvalue weighted by atomic mass is 16.6. The molecule has 0 bridgehead atoms. The van der Waals surface area contributed by atoms with Crippen molar-refractivity contribution in [1.29, 1.82) is 0 Å². The maximum Gasteiger partial charge on any atom is 0.410 e. The minimum absolute atomic E-state index is 0.267. The predicted octanol–water partition coefficient (Wildman–Crippen LogP) is 2.17. The van der Waals surface area contributed by atoms with Crippen molar-refractivity contribution in [2.45, 2.75) is 33.3 Å². The van der Waals surface area contributed by atoms with E-state index < -0.39 is 17.7 Å². The van der Waals surface area contributed by atoms with Gasteiger partial charge in [-0.3, -0.25) is 4.79 Å². The molecule has 26 heavy (non-hydrogen) atoms.